The lowest BCUT2D eigenvalue weighted by Gasteiger charge is -2.17. The number of hydrogen-bond donors (Lipinski definition) is 0. The van der Waals surface area contributed by atoms with Crippen LogP contribution in [-0.4, -0.2) is 18.1 Å². The molecule has 7 heteroatoms. The fourth-order valence-electron chi connectivity index (χ4n) is 1.99. The van der Waals surface area contributed by atoms with E-state index >= 15 is 0 Å². The summed E-state index contributed by atoms with van der Waals surface area (Å²) < 4.78 is 49.7. The van der Waals surface area contributed by atoms with E-state index in [4.69, 9.17) is 4.74 Å². The first kappa shape index (κ1) is 15.8. The molecule has 0 saturated carbocycles. The molecule has 0 fully saturated rings. The van der Waals surface area contributed by atoms with Crippen LogP contribution in [0.4, 0.5) is 13.2 Å². The molecule has 0 amide bonds. The summed E-state index contributed by atoms with van der Waals surface area (Å²) in [6.45, 7) is 1.20. The van der Waals surface area contributed by atoms with E-state index in [-0.39, 0.29) is 16.9 Å². The highest BCUT2D eigenvalue weighted by Crippen LogP contribution is 2.41. The summed E-state index contributed by atoms with van der Waals surface area (Å²) in [6.07, 6.45) is -1.90. The molecule has 2 aromatic rings. The van der Waals surface area contributed by atoms with Crippen molar-refractivity contribution in [1.82, 2.24) is 4.98 Å². The zero-order valence-electron chi connectivity index (χ0n) is 11.8. The lowest BCUT2D eigenvalue weighted by molar-refractivity contribution is -0.139. The van der Waals surface area contributed by atoms with Crippen LogP contribution < -0.4 is 4.74 Å². The van der Waals surface area contributed by atoms with E-state index < -0.39 is 23.5 Å². The molecule has 22 heavy (non-hydrogen) atoms. The van der Waals surface area contributed by atoms with Gasteiger partial charge in [-0.15, -0.1) is 0 Å². The second-order valence-electron chi connectivity index (χ2n) is 4.39. The minimum atomic E-state index is -4.67. The zero-order valence-corrected chi connectivity index (χ0v) is 11.8. The summed E-state index contributed by atoms with van der Waals surface area (Å²) >= 11 is 0. The van der Waals surface area contributed by atoms with Crippen molar-refractivity contribution in [2.24, 2.45) is 0 Å². The van der Waals surface area contributed by atoms with Crippen molar-refractivity contribution < 1.29 is 27.4 Å². The number of alkyl halides is 3. The molecule has 1 aromatic carbocycles. The van der Waals surface area contributed by atoms with Crippen molar-refractivity contribution in [3.8, 4) is 11.5 Å². The second kappa shape index (κ2) is 6.05. The van der Waals surface area contributed by atoms with Crippen LogP contribution >= 0.6 is 0 Å². The Kier molecular flexibility index (Phi) is 4.35. The number of esters is 1. The van der Waals surface area contributed by atoms with Crippen molar-refractivity contribution >= 4 is 5.97 Å². The minimum absolute atomic E-state index is 0.159. The van der Waals surface area contributed by atoms with Crippen LogP contribution in [0, 0.1) is 6.92 Å². The van der Waals surface area contributed by atoms with E-state index in [9.17, 15) is 18.0 Å². The molecule has 0 aliphatic heterocycles. The highest BCUT2D eigenvalue weighted by Gasteiger charge is 2.38. The molecule has 0 saturated heterocycles. The van der Waals surface area contributed by atoms with Crippen LogP contribution in [0.3, 0.4) is 0 Å². The molecular formula is C15H12F3NO3. The summed E-state index contributed by atoms with van der Waals surface area (Å²) in [7, 11) is 1.11. The topological polar surface area (TPSA) is 48.4 Å². The smallest absolute Gasteiger partial charge is 0.420 e. The second-order valence-corrected chi connectivity index (χ2v) is 4.39. The first-order valence-electron chi connectivity index (χ1n) is 6.21. The summed E-state index contributed by atoms with van der Waals surface area (Å²) in [5.74, 6) is -1.07. The standard InChI is InChI=1S/C15H12F3NO3/c1-9-11(14(20)21-2)5-6-12(13(9)15(16,17)18)22-10-4-3-7-19-8-10/h3-8H,1-2H3. The Morgan fingerprint density at radius 3 is 2.50 bits per heavy atom. The summed E-state index contributed by atoms with van der Waals surface area (Å²) in [6, 6.07) is 5.35. The average molecular weight is 311 g/mol. The zero-order chi connectivity index (χ0) is 16.3. The third-order valence-corrected chi connectivity index (χ3v) is 2.98. The molecule has 0 aliphatic rings. The molecule has 0 radical (unpaired) electrons. The molecule has 0 bridgehead atoms. The van der Waals surface area contributed by atoms with Gasteiger partial charge in [-0.3, -0.25) is 4.98 Å². The molecule has 116 valence electrons. The van der Waals surface area contributed by atoms with E-state index in [1.807, 2.05) is 0 Å². The van der Waals surface area contributed by atoms with E-state index in [2.05, 4.69) is 9.72 Å². The number of hydrogen-bond acceptors (Lipinski definition) is 4. The molecule has 2 rings (SSSR count). The number of carbonyl (C=O) groups is 1. The van der Waals surface area contributed by atoms with Crippen LogP contribution in [0.5, 0.6) is 11.5 Å². The van der Waals surface area contributed by atoms with Gasteiger partial charge in [-0.2, -0.15) is 13.2 Å². The van der Waals surface area contributed by atoms with Gasteiger partial charge in [0, 0.05) is 6.20 Å². The van der Waals surface area contributed by atoms with E-state index in [1.165, 1.54) is 37.5 Å². The van der Waals surface area contributed by atoms with Crippen molar-refractivity contribution in [1.29, 1.82) is 0 Å². The Morgan fingerprint density at radius 1 is 1.23 bits per heavy atom. The van der Waals surface area contributed by atoms with E-state index in [0.29, 0.717) is 0 Å². The van der Waals surface area contributed by atoms with Gasteiger partial charge in [0.15, 0.2) is 0 Å². The third kappa shape index (κ3) is 3.19. The lowest BCUT2D eigenvalue weighted by atomic mass is 10.0. The lowest BCUT2D eigenvalue weighted by Crippen LogP contribution is -2.14. The maximum atomic E-state index is 13.3. The number of aromatic nitrogens is 1. The largest absolute Gasteiger partial charge is 0.465 e. The highest BCUT2D eigenvalue weighted by atomic mass is 19.4. The first-order chi connectivity index (χ1) is 10.3. The van der Waals surface area contributed by atoms with Gasteiger partial charge in [-0.25, -0.2) is 4.79 Å². The molecule has 0 aliphatic carbocycles. The van der Waals surface area contributed by atoms with Gasteiger partial charge < -0.3 is 9.47 Å². The number of benzene rings is 1. The number of rotatable bonds is 3. The number of carbonyl (C=O) groups excluding carboxylic acids is 1. The Bertz CT molecular complexity index is 684. The first-order valence-corrected chi connectivity index (χ1v) is 6.21. The normalized spacial score (nSPS) is 11.1. The fourth-order valence-corrected chi connectivity index (χ4v) is 1.99. The average Bonchev–Trinajstić information content (AvgIpc) is 2.46. The highest BCUT2D eigenvalue weighted by molar-refractivity contribution is 5.91. The molecule has 0 unspecified atom stereocenters. The molecule has 1 heterocycles. The SMILES string of the molecule is COC(=O)c1ccc(Oc2cccnc2)c(C(F)(F)F)c1C. The Balaban J connectivity index is 2.55. The van der Waals surface area contributed by atoms with Gasteiger partial charge in [0.25, 0.3) is 0 Å². The molecule has 0 spiro atoms. The van der Waals surface area contributed by atoms with E-state index in [0.717, 1.165) is 13.2 Å². The maximum absolute atomic E-state index is 13.3. The molecule has 0 atom stereocenters. The predicted molar refractivity (Wildman–Crippen MR) is 71.8 cm³/mol. The predicted octanol–water partition coefficient (Wildman–Crippen LogP) is 3.99. The Morgan fingerprint density at radius 2 is 1.95 bits per heavy atom. The van der Waals surface area contributed by atoms with Crippen molar-refractivity contribution in [3.63, 3.8) is 0 Å². The molecular weight excluding hydrogens is 299 g/mol. The van der Waals surface area contributed by atoms with Gasteiger partial charge >= 0.3 is 12.1 Å². The number of halogens is 3. The summed E-state index contributed by atoms with van der Waals surface area (Å²) in [5, 5.41) is 0. The van der Waals surface area contributed by atoms with Gasteiger partial charge in [0.05, 0.1) is 18.9 Å². The number of ether oxygens (including phenoxy) is 2. The monoisotopic (exact) mass is 311 g/mol. The quantitative estimate of drug-likeness (QED) is 0.804. The van der Waals surface area contributed by atoms with Gasteiger partial charge in [0.2, 0.25) is 0 Å². The molecule has 1 aromatic heterocycles. The van der Waals surface area contributed by atoms with Crippen molar-refractivity contribution in [3.05, 3.63) is 53.3 Å². The minimum Gasteiger partial charge on any atom is -0.465 e. The maximum Gasteiger partial charge on any atom is 0.420 e. The summed E-state index contributed by atoms with van der Waals surface area (Å²) in [4.78, 5) is 15.3. The van der Waals surface area contributed by atoms with Crippen molar-refractivity contribution in [2.75, 3.05) is 7.11 Å². The van der Waals surface area contributed by atoms with Crippen LogP contribution in [0.15, 0.2) is 36.7 Å². The Hall–Kier alpha value is -2.57. The van der Waals surface area contributed by atoms with Gasteiger partial charge in [-0.05, 0) is 36.8 Å². The number of pyridine rings is 1. The third-order valence-electron chi connectivity index (χ3n) is 2.98. The van der Waals surface area contributed by atoms with Crippen LogP contribution in [0.25, 0.3) is 0 Å². The van der Waals surface area contributed by atoms with Crippen LogP contribution in [0.1, 0.15) is 21.5 Å². The fraction of sp³-hybridized carbons (Fsp3) is 0.200. The molecule has 4 nitrogen and oxygen atoms in total. The van der Waals surface area contributed by atoms with Crippen LogP contribution in [0.2, 0.25) is 0 Å². The van der Waals surface area contributed by atoms with E-state index in [1.54, 1.807) is 0 Å². The number of nitrogens with zero attached hydrogens (tertiary/aromatic N) is 1. The van der Waals surface area contributed by atoms with Gasteiger partial charge in [-0.1, -0.05) is 0 Å². The van der Waals surface area contributed by atoms with Crippen molar-refractivity contribution in [2.45, 2.75) is 13.1 Å². The van der Waals surface area contributed by atoms with Gasteiger partial charge in [0.1, 0.15) is 17.1 Å². The van der Waals surface area contributed by atoms with Crippen LogP contribution in [-0.2, 0) is 10.9 Å². The number of methoxy groups -OCH3 is 1. The summed E-state index contributed by atoms with van der Waals surface area (Å²) in [5.41, 5.74) is -1.42. The Labute approximate surface area is 124 Å². The molecule has 0 N–H and O–H groups in total.